The van der Waals surface area contributed by atoms with Gasteiger partial charge < -0.3 is 10.6 Å². The van der Waals surface area contributed by atoms with Gasteiger partial charge in [0.25, 0.3) is 0 Å². The van der Waals surface area contributed by atoms with Gasteiger partial charge in [0.05, 0.1) is 0 Å². The molecule has 2 fully saturated rings. The number of hydrogen-bond acceptors (Lipinski definition) is 2. The summed E-state index contributed by atoms with van der Waals surface area (Å²) in [4.78, 5) is 2.57. The highest BCUT2D eigenvalue weighted by atomic mass is 15.1. The monoisotopic (exact) mass is 196 g/mol. The summed E-state index contributed by atoms with van der Waals surface area (Å²) in [5, 5.41) is 0. The van der Waals surface area contributed by atoms with Gasteiger partial charge in [0.15, 0.2) is 0 Å². The molecular formula is C12H24N2. The molecule has 0 radical (unpaired) electrons. The van der Waals surface area contributed by atoms with Crippen molar-refractivity contribution in [1.82, 2.24) is 4.90 Å². The zero-order chi connectivity index (χ0) is 10.0. The first-order chi connectivity index (χ1) is 6.80. The van der Waals surface area contributed by atoms with Crippen LogP contribution in [0, 0.1) is 11.3 Å². The van der Waals surface area contributed by atoms with E-state index >= 15 is 0 Å². The number of nitrogens with zero attached hydrogens (tertiary/aromatic N) is 1. The molecule has 2 heteroatoms. The Bertz CT molecular complexity index is 187. The smallest absolute Gasteiger partial charge is 0.0105 e. The van der Waals surface area contributed by atoms with Crippen molar-refractivity contribution in [2.24, 2.45) is 17.1 Å². The van der Waals surface area contributed by atoms with Gasteiger partial charge in [-0.25, -0.2) is 0 Å². The molecule has 2 rings (SSSR count). The van der Waals surface area contributed by atoms with E-state index in [1.54, 1.807) is 0 Å². The predicted molar refractivity (Wildman–Crippen MR) is 60.2 cm³/mol. The Morgan fingerprint density at radius 2 is 2.14 bits per heavy atom. The maximum absolute atomic E-state index is 5.62. The van der Waals surface area contributed by atoms with Gasteiger partial charge in [0.2, 0.25) is 0 Å². The van der Waals surface area contributed by atoms with Gasteiger partial charge in [0, 0.05) is 19.6 Å². The molecule has 1 saturated carbocycles. The fourth-order valence-electron chi connectivity index (χ4n) is 3.42. The molecule has 1 heterocycles. The molecule has 1 atom stereocenters. The predicted octanol–water partition coefficient (Wildman–Crippen LogP) is 1.85. The minimum atomic E-state index is 0.764. The number of piperidine rings is 1. The molecule has 1 unspecified atom stereocenters. The van der Waals surface area contributed by atoms with Crippen molar-refractivity contribution in [3.63, 3.8) is 0 Å². The Morgan fingerprint density at radius 3 is 2.64 bits per heavy atom. The minimum absolute atomic E-state index is 0.764. The summed E-state index contributed by atoms with van der Waals surface area (Å²) in [5.74, 6) is 0.955. The van der Waals surface area contributed by atoms with E-state index in [4.69, 9.17) is 5.73 Å². The van der Waals surface area contributed by atoms with Crippen LogP contribution in [-0.4, -0.2) is 31.1 Å². The molecule has 82 valence electrons. The third-order valence-corrected chi connectivity index (χ3v) is 4.56. The van der Waals surface area contributed by atoms with Crippen LogP contribution in [0.2, 0.25) is 0 Å². The van der Waals surface area contributed by atoms with Crippen LogP contribution in [0.5, 0.6) is 0 Å². The molecule has 2 nitrogen and oxygen atoms in total. The second-order valence-electron chi connectivity index (χ2n) is 5.16. The molecule has 1 saturated heterocycles. The Morgan fingerprint density at radius 1 is 1.36 bits per heavy atom. The van der Waals surface area contributed by atoms with Crippen molar-refractivity contribution >= 4 is 0 Å². The number of rotatable bonds is 3. The SMILES string of the molecule is CCC1CN(CCN)CCC12CCC2. The van der Waals surface area contributed by atoms with Crippen molar-refractivity contribution in [2.45, 2.75) is 39.0 Å². The van der Waals surface area contributed by atoms with E-state index in [1.165, 1.54) is 45.2 Å². The van der Waals surface area contributed by atoms with E-state index in [9.17, 15) is 0 Å². The quantitative estimate of drug-likeness (QED) is 0.746. The average molecular weight is 196 g/mol. The Hall–Kier alpha value is -0.0800. The molecule has 14 heavy (non-hydrogen) atoms. The third kappa shape index (κ3) is 1.70. The largest absolute Gasteiger partial charge is 0.329 e. The van der Waals surface area contributed by atoms with Gasteiger partial charge in [-0.05, 0) is 37.1 Å². The molecule has 0 aromatic rings. The maximum atomic E-state index is 5.62. The van der Waals surface area contributed by atoms with Gasteiger partial charge in [-0.3, -0.25) is 0 Å². The maximum Gasteiger partial charge on any atom is 0.0105 e. The molecule has 0 bridgehead atoms. The Kier molecular flexibility index (Phi) is 3.13. The minimum Gasteiger partial charge on any atom is -0.329 e. The lowest BCUT2D eigenvalue weighted by Crippen LogP contribution is -2.51. The van der Waals surface area contributed by atoms with E-state index in [-0.39, 0.29) is 0 Å². The second kappa shape index (κ2) is 4.19. The van der Waals surface area contributed by atoms with E-state index in [0.29, 0.717) is 0 Å². The average Bonchev–Trinajstić information content (AvgIpc) is 2.16. The van der Waals surface area contributed by atoms with E-state index in [1.807, 2.05) is 0 Å². The lowest BCUT2D eigenvalue weighted by atomic mass is 9.57. The lowest BCUT2D eigenvalue weighted by Gasteiger charge is -2.53. The fraction of sp³-hybridized carbons (Fsp3) is 1.00. The Balaban J connectivity index is 1.93. The first-order valence-electron chi connectivity index (χ1n) is 6.23. The van der Waals surface area contributed by atoms with Crippen molar-refractivity contribution in [2.75, 3.05) is 26.2 Å². The van der Waals surface area contributed by atoms with Crippen molar-refractivity contribution in [3.8, 4) is 0 Å². The van der Waals surface area contributed by atoms with Gasteiger partial charge in [-0.1, -0.05) is 19.8 Å². The van der Waals surface area contributed by atoms with Crippen LogP contribution in [0.3, 0.4) is 0 Å². The fourth-order valence-corrected chi connectivity index (χ4v) is 3.42. The summed E-state index contributed by atoms with van der Waals surface area (Å²) in [6.07, 6.45) is 7.28. The van der Waals surface area contributed by atoms with Crippen LogP contribution in [-0.2, 0) is 0 Å². The molecule has 0 amide bonds. The number of nitrogens with two attached hydrogens (primary N) is 1. The molecule has 1 aliphatic heterocycles. The highest BCUT2D eigenvalue weighted by molar-refractivity contribution is 4.97. The Labute approximate surface area is 87.8 Å². The topological polar surface area (TPSA) is 29.3 Å². The zero-order valence-corrected chi connectivity index (χ0v) is 9.47. The van der Waals surface area contributed by atoms with Crippen LogP contribution in [0.1, 0.15) is 39.0 Å². The first kappa shape index (κ1) is 10.4. The molecule has 1 aliphatic carbocycles. The zero-order valence-electron chi connectivity index (χ0n) is 9.47. The molecular weight excluding hydrogens is 172 g/mol. The standard InChI is InChI=1S/C12H24N2/c1-2-11-10-14(9-7-13)8-6-12(11)4-3-5-12/h11H,2-10,13H2,1H3. The molecule has 2 N–H and O–H groups in total. The van der Waals surface area contributed by atoms with Crippen molar-refractivity contribution in [3.05, 3.63) is 0 Å². The van der Waals surface area contributed by atoms with Gasteiger partial charge in [-0.2, -0.15) is 0 Å². The molecule has 2 aliphatic rings. The van der Waals surface area contributed by atoms with Crippen LogP contribution < -0.4 is 5.73 Å². The van der Waals surface area contributed by atoms with Crippen LogP contribution in [0.4, 0.5) is 0 Å². The van der Waals surface area contributed by atoms with Crippen LogP contribution in [0.25, 0.3) is 0 Å². The summed E-state index contributed by atoms with van der Waals surface area (Å²) in [6.45, 7) is 6.90. The summed E-state index contributed by atoms with van der Waals surface area (Å²) >= 11 is 0. The van der Waals surface area contributed by atoms with Gasteiger partial charge >= 0.3 is 0 Å². The molecule has 0 aromatic carbocycles. The first-order valence-corrected chi connectivity index (χ1v) is 6.23. The summed E-state index contributed by atoms with van der Waals surface area (Å²) < 4.78 is 0. The highest BCUT2D eigenvalue weighted by Crippen LogP contribution is 2.53. The lowest BCUT2D eigenvalue weighted by molar-refractivity contribution is -0.0305. The number of likely N-dealkylation sites (tertiary alicyclic amines) is 1. The third-order valence-electron chi connectivity index (χ3n) is 4.56. The van der Waals surface area contributed by atoms with Crippen LogP contribution >= 0.6 is 0 Å². The van der Waals surface area contributed by atoms with E-state index in [0.717, 1.165) is 24.4 Å². The van der Waals surface area contributed by atoms with Crippen molar-refractivity contribution in [1.29, 1.82) is 0 Å². The number of hydrogen-bond donors (Lipinski definition) is 1. The normalized spacial score (nSPS) is 31.7. The van der Waals surface area contributed by atoms with E-state index in [2.05, 4.69) is 11.8 Å². The molecule has 1 spiro atoms. The molecule has 0 aromatic heterocycles. The second-order valence-corrected chi connectivity index (χ2v) is 5.16. The highest BCUT2D eigenvalue weighted by Gasteiger charge is 2.45. The van der Waals surface area contributed by atoms with Crippen LogP contribution in [0.15, 0.2) is 0 Å². The summed E-state index contributed by atoms with van der Waals surface area (Å²) in [7, 11) is 0. The summed E-state index contributed by atoms with van der Waals surface area (Å²) in [5.41, 5.74) is 6.38. The van der Waals surface area contributed by atoms with E-state index < -0.39 is 0 Å². The van der Waals surface area contributed by atoms with Gasteiger partial charge in [0.1, 0.15) is 0 Å². The van der Waals surface area contributed by atoms with Crippen molar-refractivity contribution < 1.29 is 0 Å². The summed E-state index contributed by atoms with van der Waals surface area (Å²) in [6, 6.07) is 0. The van der Waals surface area contributed by atoms with Gasteiger partial charge in [-0.15, -0.1) is 0 Å².